The average Bonchev–Trinajstić information content (AvgIpc) is 2.91. The van der Waals surface area contributed by atoms with Gasteiger partial charge < -0.3 is 15.2 Å². The van der Waals surface area contributed by atoms with E-state index in [1.807, 2.05) is 6.07 Å². The summed E-state index contributed by atoms with van der Waals surface area (Å²) in [4.78, 5) is 15.6. The van der Waals surface area contributed by atoms with Crippen LogP contribution in [0.5, 0.6) is 5.75 Å². The van der Waals surface area contributed by atoms with Gasteiger partial charge in [0.2, 0.25) is 0 Å². The number of benzene rings is 1. The summed E-state index contributed by atoms with van der Waals surface area (Å²) < 4.78 is 5.97. The summed E-state index contributed by atoms with van der Waals surface area (Å²) in [5, 5.41) is 12.8. The summed E-state index contributed by atoms with van der Waals surface area (Å²) in [6, 6.07) is 6.35. The van der Waals surface area contributed by atoms with Gasteiger partial charge in [-0.05, 0) is 36.0 Å². The monoisotopic (exact) mass is 362 g/mol. The highest BCUT2D eigenvalue weighted by Crippen LogP contribution is 2.32. The molecular formula is C19H26N2O3S. The Morgan fingerprint density at radius 1 is 1.36 bits per heavy atom. The number of anilines is 1. The van der Waals surface area contributed by atoms with Gasteiger partial charge in [-0.2, -0.15) is 0 Å². The van der Waals surface area contributed by atoms with Crippen LogP contribution in [0.4, 0.5) is 5.13 Å². The topological polar surface area (TPSA) is 71.5 Å². The van der Waals surface area contributed by atoms with E-state index in [9.17, 15) is 4.79 Å². The predicted octanol–water partition coefficient (Wildman–Crippen LogP) is 4.50. The zero-order chi connectivity index (χ0) is 18.6. The van der Waals surface area contributed by atoms with Gasteiger partial charge in [-0.1, -0.05) is 51.2 Å². The Kier molecular flexibility index (Phi) is 6.06. The molecule has 136 valence electrons. The number of aromatic carboxylic acids is 1. The Labute approximate surface area is 153 Å². The maximum Gasteiger partial charge on any atom is 0.347 e. The fourth-order valence-corrected chi connectivity index (χ4v) is 3.33. The Hall–Kier alpha value is -2.08. The molecule has 1 aromatic heterocycles. The molecule has 0 saturated heterocycles. The number of nitrogens with one attached hydrogen (secondary N) is 1. The highest BCUT2D eigenvalue weighted by molar-refractivity contribution is 7.17. The van der Waals surface area contributed by atoms with E-state index in [-0.39, 0.29) is 10.3 Å². The van der Waals surface area contributed by atoms with E-state index in [0.717, 1.165) is 23.5 Å². The highest BCUT2D eigenvalue weighted by Gasteiger charge is 2.19. The number of aryl methyl sites for hydroxylation is 2. The van der Waals surface area contributed by atoms with Gasteiger partial charge in [0.25, 0.3) is 0 Å². The summed E-state index contributed by atoms with van der Waals surface area (Å²) in [5.41, 5.74) is 3.04. The van der Waals surface area contributed by atoms with Crippen LogP contribution < -0.4 is 10.1 Å². The molecule has 0 aliphatic rings. The smallest absolute Gasteiger partial charge is 0.347 e. The fourth-order valence-electron chi connectivity index (χ4n) is 2.50. The van der Waals surface area contributed by atoms with E-state index >= 15 is 0 Å². The third-order valence-electron chi connectivity index (χ3n) is 3.89. The molecule has 0 atom stereocenters. The van der Waals surface area contributed by atoms with Crippen LogP contribution in [0.2, 0.25) is 0 Å². The molecule has 0 aliphatic heterocycles. The summed E-state index contributed by atoms with van der Waals surface area (Å²) in [6.45, 7) is 11.4. The van der Waals surface area contributed by atoms with Crippen molar-refractivity contribution in [2.75, 3.05) is 18.5 Å². The molecule has 5 nitrogen and oxygen atoms in total. The number of hydrogen-bond donors (Lipinski definition) is 2. The number of hydrogen-bond acceptors (Lipinski definition) is 5. The van der Waals surface area contributed by atoms with Crippen LogP contribution in [-0.2, 0) is 11.8 Å². The van der Waals surface area contributed by atoms with E-state index in [0.29, 0.717) is 24.0 Å². The standard InChI is InChI=1S/C19H26N2O3S/c1-6-13-7-8-15(14(11-13)19(3,4)5)24-10-9-20-18-21-12(2)16(25-18)17(22)23/h7-8,11H,6,9-10H2,1-5H3,(H,20,21)(H,22,23). The number of ether oxygens (including phenoxy) is 1. The lowest BCUT2D eigenvalue weighted by Crippen LogP contribution is -2.17. The molecule has 1 heterocycles. The third-order valence-corrected chi connectivity index (χ3v) is 4.99. The van der Waals surface area contributed by atoms with Gasteiger partial charge in [0.05, 0.1) is 12.2 Å². The molecule has 2 rings (SSSR count). The molecule has 0 bridgehead atoms. The molecule has 0 saturated carbocycles. The van der Waals surface area contributed by atoms with Crippen molar-refractivity contribution in [2.45, 2.75) is 46.5 Å². The Bertz CT molecular complexity index is 748. The molecule has 25 heavy (non-hydrogen) atoms. The van der Waals surface area contributed by atoms with Gasteiger partial charge >= 0.3 is 5.97 Å². The number of rotatable bonds is 7. The SMILES string of the molecule is CCc1ccc(OCCNc2nc(C)c(C(=O)O)s2)c(C(C)(C)C)c1. The third kappa shape index (κ3) is 4.95. The van der Waals surface area contributed by atoms with Crippen LogP contribution in [0.25, 0.3) is 0 Å². The summed E-state index contributed by atoms with van der Waals surface area (Å²) in [5.74, 6) is -0.0434. The van der Waals surface area contributed by atoms with Crippen molar-refractivity contribution in [1.29, 1.82) is 0 Å². The minimum absolute atomic E-state index is 0.0107. The molecule has 1 aromatic carbocycles. The van der Waals surface area contributed by atoms with Crippen LogP contribution in [0.1, 0.15) is 54.2 Å². The van der Waals surface area contributed by atoms with Crippen molar-refractivity contribution in [1.82, 2.24) is 4.98 Å². The van der Waals surface area contributed by atoms with Crippen molar-refractivity contribution in [3.63, 3.8) is 0 Å². The number of carbonyl (C=O) groups is 1. The predicted molar refractivity (Wildman–Crippen MR) is 102 cm³/mol. The Morgan fingerprint density at radius 2 is 2.08 bits per heavy atom. The van der Waals surface area contributed by atoms with E-state index in [2.05, 4.69) is 50.1 Å². The van der Waals surface area contributed by atoms with E-state index in [1.54, 1.807) is 6.92 Å². The van der Waals surface area contributed by atoms with Gasteiger partial charge in [0.1, 0.15) is 17.2 Å². The molecule has 2 aromatic rings. The van der Waals surface area contributed by atoms with Gasteiger partial charge in [-0.15, -0.1) is 0 Å². The van der Waals surface area contributed by atoms with Crippen molar-refractivity contribution < 1.29 is 14.6 Å². The molecule has 6 heteroatoms. The van der Waals surface area contributed by atoms with Crippen molar-refractivity contribution >= 4 is 22.4 Å². The largest absolute Gasteiger partial charge is 0.491 e. The molecule has 0 fully saturated rings. The number of thiazole rings is 1. The highest BCUT2D eigenvalue weighted by atomic mass is 32.1. The van der Waals surface area contributed by atoms with Gasteiger partial charge in [0, 0.05) is 0 Å². The minimum Gasteiger partial charge on any atom is -0.491 e. The number of nitrogens with zero attached hydrogens (tertiary/aromatic N) is 1. The molecule has 0 unspecified atom stereocenters. The molecule has 2 N–H and O–H groups in total. The zero-order valence-corrected chi connectivity index (χ0v) is 16.3. The molecule has 0 radical (unpaired) electrons. The maximum atomic E-state index is 11.1. The fraction of sp³-hybridized carbons (Fsp3) is 0.474. The van der Waals surface area contributed by atoms with E-state index in [1.165, 1.54) is 11.1 Å². The summed E-state index contributed by atoms with van der Waals surface area (Å²) >= 11 is 1.15. The zero-order valence-electron chi connectivity index (χ0n) is 15.5. The second kappa shape index (κ2) is 7.87. The van der Waals surface area contributed by atoms with Crippen molar-refractivity contribution in [3.05, 3.63) is 39.9 Å². The van der Waals surface area contributed by atoms with Crippen LogP contribution in [0, 0.1) is 6.92 Å². The molecular weight excluding hydrogens is 336 g/mol. The lowest BCUT2D eigenvalue weighted by molar-refractivity contribution is 0.0701. The lowest BCUT2D eigenvalue weighted by Gasteiger charge is -2.23. The summed E-state index contributed by atoms with van der Waals surface area (Å²) in [7, 11) is 0. The van der Waals surface area contributed by atoms with Gasteiger partial charge in [-0.25, -0.2) is 9.78 Å². The van der Waals surface area contributed by atoms with Crippen LogP contribution >= 0.6 is 11.3 Å². The van der Waals surface area contributed by atoms with Gasteiger partial charge in [0.15, 0.2) is 5.13 Å². The molecule has 0 amide bonds. The van der Waals surface area contributed by atoms with Gasteiger partial charge in [-0.3, -0.25) is 0 Å². The number of carboxylic acids is 1. The van der Waals surface area contributed by atoms with Crippen molar-refractivity contribution in [2.24, 2.45) is 0 Å². The van der Waals surface area contributed by atoms with E-state index in [4.69, 9.17) is 9.84 Å². The maximum absolute atomic E-state index is 11.1. The second-order valence-electron chi connectivity index (χ2n) is 6.95. The lowest BCUT2D eigenvalue weighted by atomic mass is 9.85. The van der Waals surface area contributed by atoms with Crippen LogP contribution in [-0.4, -0.2) is 29.2 Å². The normalized spacial score (nSPS) is 11.4. The number of carboxylic acid groups (broad SMARTS) is 1. The minimum atomic E-state index is -0.940. The average molecular weight is 362 g/mol. The number of aromatic nitrogens is 1. The Morgan fingerprint density at radius 3 is 2.64 bits per heavy atom. The first kappa shape index (κ1) is 19.2. The van der Waals surface area contributed by atoms with Crippen LogP contribution in [0.3, 0.4) is 0 Å². The first-order chi connectivity index (χ1) is 11.7. The van der Waals surface area contributed by atoms with Crippen LogP contribution in [0.15, 0.2) is 18.2 Å². The van der Waals surface area contributed by atoms with E-state index < -0.39 is 5.97 Å². The van der Waals surface area contributed by atoms with Crippen molar-refractivity contribution in [3.8, 4) is 5.75 Å². The molecule has 0 spiro atoms. The summed E-state index contributed by atoms with van der Waals surface area (Å²) in [6.07, 6.45) is 1.00. The quantitative estimate of drug-likeness (QED) is 0.710. The molecule has 0 aliphatic carbocycles. The first-order valence-electron chi connectivity index (χ1n) is 8.43. The Balaban J connectivity index is 1.98. The first-order valence-corrected chi connectivity index (χ1v) is 9.24. The second-order valence-corrected chi connectivity index (χ2v) is 7.95.